The predicted octanol–water partition coefficient (Wildman–Crippen LogP) is 1.29. The van der Waals surface area contributed by atoms with E-state index in [0.29, 0.717) is 17.7 Å². The third-order valence-electron chi connectivity index (χ3n) is 3.71. The van der Waals surface area contributed by atoms with Gasteiger partial charge in [0.05, 0.1) is 6.10 Å². The molecule has 98 valence electrons. The summed E-state index contributed by atoms with van der Waals surface area (Å²) in [4.78, 5) is 13.6. The van der Waals surface area contributed by atoms with Gasteiger partial charge in [-0.2, -0.15) is 11.8 Å². The van der Waals surface area contributed by atoms with Crippen molar-refractivity contribution in [3.05, 3.63) is 0 Å². The van der Waals surface area contributed by atoms with Crippen molar-refractivity contribution in [2.45, 2.75) is 37.5 Å². The molecule has 0 radical (unpaired) electrons. The first-order valence-corrected chi connectivity index (χ1v) is 7.54. The molecule has 3 atom stereocenters. The molecule has 0 saturated carbocycles. The molecule has 4 nitrogen and oxygen atoms in total. The van der Waals surface area contributed by atoms with Gasteiger partial charge in [0, 0.05) is 24.9 Å². The Morgan fingerprint density at radius 2 is 2.35 bits per heavy atom. The summed E-state index contributed by atoms with van der Waals surface area (Å²) in [6.45, 7) is 4.05. The summed E-state index contributed by atoms with van der Waals surface area (Å²) in [6, 6.07) is -0.0107. The molecule has 2 N–H and O–H groups in total. The molecule has 0 spiro atoms. The Labute approximate surface area is 107 Å². The SMILES string of the molecule is CC1CCN(C(=O)NCC2CCCS2)CC1O. The number of carbonyl (C=O) groups excluding carboxylic acids is 1. The average Bonchev–Trinajstić information content (AvgIpc) is 2.82. The number of aliphatic hydroxyl groups excluding tert-OH is 1. The monoisotopic (exact) mass is 258 g/mol. The molecule has 0 aromatic heterocycles. The topological polar surface area (TPSA) is 52.6 Å². The van der Waals surface area contributed by atoms with Crippen molar-refractivity contribution in [2.75, 3.05) is 25.4 Å². The van der Waals surface area contributed by atoms with Crippen LogP contribution in [0.2, 0.25) is 0 Å². The lowest BCUT2D eigenvalue weighted by Gasteiger charge is -2.34. The molecule has 2 fully saturated rings. The Morgan fingerprint density at radius 3 is 3.00 bits per heavy atom. The van der Waals surface area contributed by atoms with E-state index in [1.165, 1.54) is 18.6 Å². The number of likely N-dealkylation sites (tertiary alicyclic amines) is 1. The van der Waals surface area contributed by atoms with Crippen LogP contribution in [0.3, 0.4) is 0 Å². The number of rotatable bonds is 2. The molecule has 2 aliphatic heterocycles. The molecule has 3 unspecified atom stereocenters. The molecular formula is C12H22N2O2S. The van der Waals surface area contributed by atoms with Gasteiger partial charge in [0.15, 0.2) is 0 Å². The number of β-amino-alcohol motifs (C(OH)–C–C–N with tert-alkyl or cyclic N) is 1. The molecule has 2 amide bonds. The Kier molecular flexibility index (Phi) is 4.56. The van der Waals surface area contributed by atoms with Gasteiger partial charge in [-0.1, -0.05) is 6.92 Å². The van der Waals surface area contributed by atoms with Gasteiger partial charge in [0.2, 0.25) is 0 Å². The summed E-state index contributed by atoms with van der Waals surface area (Å²) >= 11 is 1.95. The van der Waals surface area contributed by atoms with Crippen molar-refractivity contribution in [2.24, 2.45) is 5.92 Å². The molecule has 17 heavy (non-hydrogen) atoms. The third-order valence-corrected chi connectivity index (χ3v) is 5.11. The first-order valence-electron chi connectivity index (χ1n) is 6.49. The highest BCUT2D eigenvalue weighted by Gasteiger charge is 2.27. The number of nitrogens with zero attached hydrogens (tertiary/aromatic N) is 1. The molecule has 2 aliphatic rings. The first kappa shape index (κ1) is 13.0. The summed E-state index contributed by atoms with van der Waals surface area (Å²) < 4.78 is 0. The average molecular weight is 258 g/mol. The van der Waals surface area contributed by atoms with Crippen LogP contribution in [0.1, 0.15) is 26.2 Å². The lowest BCUT2D eigenvalue weighted by molar-refractivity contribution is 0.0436. The standard InChI is InChI=1S/C12H22N2O2S/c1-9-4-5-14(8-11(9)15)12(16)13-7-10-3-2-6-17-10/h9-11,15H,2-8H2,1H3,(H,13,16). The van der Waals surface area contributed by atoms with E-state index in [-0.39, 0.29) is 12.1 Å². The van der Waals surface area contributed by atoms with Crippen LogP contribution in [0.5, 0.6) is 0 Å². The molecule has 2 heterocycles. The van der Waals surface area contributed by atoms with E-state index in [1.54, 1.807) is 4.90 Å². The second kappa shape index (κ2) is 5.96. The van der Waals surface area contributed by atoms with Crippen molar-refractivity contribution in [1.29, 1.82) is 0 Å². The zero-order valence-electron chi connectivity index (χ0n) is 10.4. The number of piperidine rings is 1. The van der Waals surface area contributed by atoms with Gasteiger partial charge < -0.3 is 15.3 Å². The highest BCUT2D eigenvalue weighted by molar-refractivity contribution is 8.00. The number of hydrogen-bond donors (Lipinski definition) is 2. The minimum absolute atomic E-state index is 0.0107. The zero-order chi connectivity index (χ0) is 12.3. The summed E-state index contributed by atoms with van der Waals surface area (Å²) in [5.41, 5.74) is 0. The number of carbonyl (C=O) groups is 1. The number of thioether (sulfide) groups is 1. The maximum atomic E-state index is 11.9. The molecule has 0 aromatic rings. The van der Waals surface area contributed by atoms with Crippen LogP contribution in [-0.4, -0.2) is 52.8 Å². The second-order valence-corrected chi connectivity index (χ2v) is 6.51. The number of nitrogens with one attached hydrogen (secondary N) is 1. The summed E-state index contributed by atoms with van der Waals surface area (Å²) in [6.07, 6.45) is 3.01. The van der Waals surface area contributed by atoms with E-state index in [2.05, 4.69) is 5.32 Å². The number of urea groups is 1. The number of aliphatic hydroxyl groups is 1. The maximum absolute atomic E-state index is 11.9. The van der Waals surface area contributed by atoms with Crippen molar-refractivity contribution >= 4 is 17.8 Å². The highest BCUT2D eigenvalue weighted by atomic mass is 32.2. The normalized spacial score (nSPS) is 33.8. The van der Waals surface area contributed by atoms with Gasteiger partial charge >= 0.3 is 6.03 Å². The van der Waals surface area contributed by atoms with Crippen LogP contribution in [-0.2, 0) is 0 Å². The van der Waals surface area contributed by atoms with Gasteiger partial charge in [0.1, 0.15) is 0 Å². The fourth-order valence-electron chi connectivity index (χ4n) is 2.35. The largest absolute Gasteiger partial charge is 0.391 e. The van der Waals surface area contributed by atoms with E-state index >= 15 is 0 Å². The first-order chi connectivity index (χ1) is 8.16. The third kappa shape index (κ3) is 3.52. The molecule has 2 rings (SSSR count). The summed E-state index contributed by atoms with van der Waals surface area (Å²) in [7, 11) is 0. The van der Waals surface area contributed by atoms with Crippen LogP contribution in [0.25, 0.3) is 0 Å². The Morgan fingerprint density at radius 1 is 1.53 bits per heavy atom. The molecule has 2 saturated heterocycles. The van der Waals surface area contributed by atoms with Crippen LogP contribution in [0, 0.1) is 5.92 Å². The van der Waals surface area contributed by atoms with E-state index < -0.39 is 0 Å². The predicted molar refractivity (Wildman–Crippen MR) is 70.2 cm³/mol. The smallest absolute Gasteiger partial charge is 0.317 e. The highest BCUT2D eigenvalue weighted by Crippen LogP contribution is 2.25. The van der Waals surface area contributed by atoms with E-state index in [9.17, 15) is 9.90 Å². The van der Waals surface area contributed by atoms with E-state index in [0.717, 1.165) is 19.5 Å². The minimum Gasteiger partial charge on any atom is -0.391 e. The molecule has 0 bridgehead atoms. The van der Waals surface area contributed by atoms with Crippen LogP contribution in [0.15, 0.2) is 0 Å². The fourth-order valence-corrected chi connectivity index (χ4v) is 3.55. The Bertz CT molecular complexity index is 269. The molecule has 0 aliphatic carbocycles. The number of hydrogen-bond acceptors (Lipinski definition) is 3. The number of amides is 2. The lowest BCUT2D eigenvalue weighted by atomic mass is 9.96. The van der Waals surface area contributed by atoms with E-state index in [1.807, 2.05) is 18.7 Å². The lowest BCUT2D eigenvalue weighted by Crippen LogP contribution is -2.50. The Hall–Kier alpha value is -0.420. The van der Waals surface area contributed by atoms with Crippen LogP contribution in [0.4, 0.5) is 4.79 Å². The summed E-state index contributed by atoms with van der Waals surface area (Å²) in [5, 5.41) is 13.3. The fraction of sp³-hybridized carbons (Fsp3) is 0.917. The van der Waals surface area contributed by atoms with Crippen molar-refractivity contribution in [3.63, 3.8) is 0 Å². The molecular weight excluding hydrogens is 236 g/mol. The Balaban J connectivity index is 1.72. The van der Waals surface area contributed by atoms with Crippen molar-refractivity contribution in [3.8, 4) is 0 Å². The van der Waals surface area contributed by atoms with Gasteiger partial charge in [-0.05, 0) is 30.9 Å². The quantitative estimate of drug-likeness (QED) is 0.785. The molecule has 0 aromatic carbocycles. The van der Waals surface area contributed by atoms with Crippen LogP contribution < -0.4 is 5.32 Å². The van der Waals surface area contributed by atoms with E-state index in [4.69, 9.17) is 0 Å². The minimum atomic E-state index is -0.365. The maximum Gasteiger partial charge on any atom is 0.317 e. The zero-order valence-corrected chi connectivity index (χ0v) is 11.2. The van der Waals surface area contributed by atoms with Crippen LogP contribution >= 0.6 is 11.8 Å². The second-order valence-electron chi connectivity index (χ2n) is 5.10. The van der Waals surface area contributed by atoms with Gasteiger partial charge in [-0.15, -0.1) is 0 Å². The van der Waals surface area contributed by atoms with Crippen molar-refractivity contribution in [1.82, 2.24) is 10.2 Å². The van der Waals surface area contributed by atoms with Crippen molar-refractivity contribution < 1.29 is 9.90 Å². The van der Waals surface area contributed by atoms with Gasteiger partial charge in [0.25, 0.3) is 0 Å². The molecule has 5 heteroatoms. The van der Waals surface area contributed by atoms with Gasteiger partial charge in [-0.3, -0.25) is 0 Å². The summed E-state index contributed by atoms with van der Waals surface area (Å²) in [5.74, 6) is 1.53. The van der Waals surface area contributed by atoms with Gasteiger partial charge in [-0.25, -0.2) is 4.79 Å².